The summed E-state index contributed by atoms with van der Waals surface area (Å²) in [5, 5.41) is 1.17. The molecule has 0 amide bonds. The van der Waals surface area contributed by atoms with Crippen LogP contribution >= 0.6 is 0 Å². The van der Waals surface area contributed by atoms with Crippen LogP contribution < -0.4 is 5.48 Å². The van der Waals surface area contributed by atoms with Crippen LogP contribution in [0.4, 0.5) is 0 Å². The fourth-order valence-electron chi connectivity index (χ4n) is 4.94. The van der Waals surface area contributed by atoms with Gasteiger partial charge in [0.1, 0.15) is 5.76 Å². The maximum Gasteiger partial charge on any atom is 0.343 e. The van der Waals surface area contributed by atoms with Gasteiger partial charge < -0.3 is 9.30 Å². The molecule has 0 fully saturated rings. The normalized spacial score (nSPS) is 16.6. The molecule has 1 aliphatic carbocycles. The molecule has 0 aliphatic heterocycles. The van der Waals surface area contributed by atoms with Crippen LogP contribution in [-0.4, -0.2) is 22.9 Å². The van der Waals surface area contributed by atoms with Crippen LogP contribution in [0.2, 0.25) is 0 Å². The Morgan fingerprint density at radius 1 is 1.09 bits per heavy atom. The first kappa shape index (κ1) is 24.5. The van der Waals surface area contributed by atoms with Crippen molar-refractivity contribution in [2.75, 3.05) is 6.61 Å². The average Bonchev–Trinajstić information content (AvgIpc) is 3.12. The molecule has 0 radical (unpaired) electrons. The molecule has 1 aromatic heterocycles. The molecular weight excluding hydrogens is 440 g/mol. The number of carbonyl (C=O) groups is 2. The number of hydrogen-bond acceptors (Lipinski definition) is 5. The van der Waals surface area contributed by atoms with Crippen molar-refractivity contribution >= 4 is 22.7 Å². The molecule has 2 aromatic carbocycles. The van der Waals surface area contributed by atoms with Crippen LogP contribution in [0.5, 0.6) is 0 Å². The highest BCUT2D eigenvalue weighted by molar-refractivity contribution is 6.02. The average molecular weight is 473 g/mol. The number of hydroxylamine groups is 1. The van der Waals surface area contributed by atoms with Crippen molar-refractivity contribution in [1.29, 1.82) is 0 Å². The van der Waals surface area contributed by atoms with Gasteiger partial charge in [0.05, 0.1) is 23.4 Å². The topological polar surface area (TPSA) is 69.6 Å². The second-order valence-corrected chi connectivity index (χ2v) is 8.73. The van der Waals surface area contributed by atoms with Crippen molar-refractivity contribution in [2.24, 2.45) is 7.05 Å². The summed E-state index contributed by atoms with van der Waals surface area (Å²) in [6.45, 7) is 6.37. The number of aryl methyl sites for hydroxylation is 2. The van der Waals surface area contributed by atoms with Gasteiger partial charge in [-0.3, -0.25) is 15.1 Å². The molecule has 0 saturated heterocycles. The number of Topliss-reactive ketones (excluding diaryl/α,β-unsaturated/α-hetero) is 1. The molecular formula is C29H32N2O4. The summed E-state index contributed by atoms with van der Waals surface area (Å²) < 4.78 is 8.11. The van der Waals surface area contributed by atoms with E-state index in [0.717, 1.165) is 16.8 Å². The number of para-hydroxylation sites is 1. The molecule has 3 aromatic rings. The van der Waals surface area contributed by atoms with E-state index >= 15 is 0 Å². The Labute approximate surface area is 206 Å². The first-order valence-electron chi connectivity index (χ1n) is 12.1. The molecule has 6 nitrogen and oxygen atoms in total. The van der Waals surface area contributed by atoms with Crippen molar-refractivity contribution in [1.82, 2.24) is 10.0 Å². The third-order valence-corrected chi connectivity index (χ3v) is 6.45. The zero-order valence-electron chi connectivity index (χ0n) is 20.8. The molecule has 182 valence electrons. The Balaban J connectivity index is 1.79. The van der Waals surface area contributed by atoms with Gasteiger partial charge in [-0.15, -0.1) is 0 Å². The zero-order chi connectivity index (χ0) is 24.9. The summed E-state index contributed by atoms with van der Waals surface area (Å²) in [4.78, 5) is 32.1. The molecule has 4 rings (SSSR count). The number of fused-ring (bicyclic) bond motifs is 1. The van der Waals surface area contributed by atoms with Gasteiger partial charge >= 0.3 is 5.97 Å². The Kier molecular flexibility index (Phi) is 7.51. The number of rotatable bonds is 8. The molecule has 1 unspecified atom stereocenters. The fraction of sp³-hybridized carbons (Fsp3) is 0.310. The number of nitrogens with zero attached hydrogens (tertiary/aromatic N) is 1. The van der Waals surface area contributed by atoms with Gasteiger partial charge in [0.2, 0.25) is 0 Å². The highest BCUT2D eigenvalue weighted by Crippen LogP contribution is 2.41. The van der Waals surface area contributed by atoms with E-state index in [1.807, 2.05) is 45.2 Å². The number of allylic oxidation sites excluding steroid dienone is 3. The van der Waals surface area contributed by atoms with Crippen LogP contribution in [-0.2, 0) is 21.4 Å². The standard InChI is InChI=1S/C29H32N2O4/c1-5-12-23(30-34-6-2)27-25(32)17-21(18-26(27)35-29(33)20-13-8-7-9-14-20)28-19(3)22-15-10-11-16-24(22)31(28)4/h7-16,21,30H,5-6,17-18H2,1-4H3. The first-order valence-corrected chi connectivity index (χ1v) is 12.1. The molecule has 1 heterocycles. The summed E-state index contributed by atoms with van der Waals surface area (Å²) in [6, 6.07) is 17.1. The van der Waals surface area contributed by atoms with Crippen LogP contribution in [0.15, 0.2) is 77.7 Å². The predicted octanol–water partition coefficient (Wildman–Crippen LogP) is 5.88. The Morgan fingerprint density at radius 3 is 2.49 bits per heavy atom. The highest BCUT2D eigenvalue weighted by atomic mass is 16.6. The number of benzene rings is 2. The first-order chi connectivity index (χ1) is 17.0. The lowest BCUT2D eigenvalue weighted by atomic mass is 9.82. The molecule has 35 heavy (non-hydrogen) atoms. The number of carbonyl (C=O) groups excluding carboxylic acids is 2. The summed E-state index contributed by atoms with van der Waals surface area (Å²) in [7, 11) is 2.03. The zero-order valence-corrected chi connectivity index (χ0v) is 20.8. The van der Waals surface area contributed by atoms with Gasteiger partial charge in [0, 0.05) is 42.4 Å². The molecule has 0 bridgehead atoms. The van der Waals surface area contributed by atoms with Gasteiger partial charge in [-0.05, 0) is 44.0 Å². The second-order valence-electron chi connectivity index (χ2n) is 8.73. The van der Waals surface area contributed by atoms with E-state index in [9.17, 15) is 9.59 Å². The van der Waals surface area contributed by atoms with Crippen LogP contribution in [0, 0.1) is 6.92 Å². The maximum atomic E-state index is 13.6. The summed E-state index contributed by atoms with van der Waals surface area (Å²) in [5.41, 5.74) is 7.62. The number of ether oxygens (including phenoxy) is 1. The lowest BCUT2D eigenvalue weighted by molar-refractivity contribution is -0.116. The molecule has 0 spiro atoms. The van der Waals surface area contributed by atoms with E-state index in [1.54, 1.807) is 24.3 Å². The molecule has 1 N–H and O–H groups in total. The van der Waals surface area contributed by atoms with E-state index in [-0.39, 0.29) is 11.7 Å². The summed E-state index contributed by atoms with van der Waals surface area (Å²) >= 11 is 0. The number of hydrogen-bond donors (Lipinski definition) is 1. The van der Waals surface area contributed by atoms with E-state index in [2.05, 4.69) is 29.1 Å². The number of ketones is 1. The van der Waals surface area contributed by atoms with E-state index in [0.29, 0.717) is 48.5 Å². The third-order valence-electron chi connectivity index (χ3n) is 6.45. The monoisotopic (exact) mass is 472 g/mol. The Morgan fingerprint density at radius 2 is 1.80 bits per heavy atom. The Hall–Kier alpha value is -3.64. The SMILES string of the molecule is CCC=C(NOCC)C1=C(OC(=O)c2ccccc2)CC(c2c(C)c3ccccc3n2C)CC1=O. The minimum atomic E-state index is -0.479. The Bertz CT molecular complexity index is 1260. The van der Waals surface area contributed by atoms with Gasteiger partial charge in [-0.25, -0.2) is 4.79 Å². The summed E-state index contributed by atoms with van der Waals surface area (Å²) in [6.07, 6.45) is 3.33. The van der Waals surface area contributed by atoms with Crippen molar-refractivity contribution in [3.8, 4) is 0 Å². The molecule has 0 saturated carbocycles. The minimum Gasteiger partial charge on any atom is -0.427 e. The quantitative estimate of drug-likeness (QED) is 0.328. The molecule has 1 aliphatic rings. The van der Waals surface area contributed by atoms with Gasteiger partial charge in [-0.1, -0.05) is 49.4 Å². The van der Waals surface area contributed by atoms with Crippen LogP contribution in [0.25, 0.3) is 10.9 Å². The van der Waals surface area contributed by atoms with Gasteiger partial charge in [0.15, 0.2) is 5.78 Å². The van der Waals surface area contributed by atoms with Crippen LogP contribution in [0.3, 0.4) is 0 Å². The van der Waals surface area contributed by atoms with Crippen molar-refractivity contribution in [3.63, 3.8) is 0 Å². The molecule has 1 atom stereocenters. The smallest absolute Gasteiger partial charge is 0.343 e. The number of nitrogens with one attached hydrogen (secondary N) is 1. The third kappa shape index (κ3) is 4.93. The predicted molar refractivity (Wildman–Crippen MR) is 137 cm³/mol. The van der Waals surface area contributed by atoms with Crippen molar-refractivity contribution < 1.29 is 19.2 Å². The van der Waals surface area contributed by atoms with Crippen molar-refractivity contribution in [2.45, 2.75) is 46.0 Å². The number of aromatic nitrogens is 1. The van der Waals surface area contributed by atoms with Crippen molar-refractivity contribution in [3.05, 3.63) is 94.5 Å². The lowest BCUT2D eigenvalue weighted by Crippen LogP contribution is -2.28. The summed E-state index contributed by atoms with van der Waals surface area (Å²) in [5.74, 6) is -0.296. The van der Waals surface area contributed by atoms with Gasteiger partial charge in [-0.2, -0.15) is 0 Å². The van der Waals surface area contributed by atoms with E-state index in [1.165, 1.54) is 5.39 Å². The molecule has 6 heteroatoms. The maximum absolute atomic E-state index is 13.6. The lowest BCUT2D eigenvalue weighted by Gasteiger charge is -2.28. The minimum absolute atomic E-state index is 0.0753. The number of esters is 1. The van der Waals surface area contributed by atoms with Gasteiger partial charge in [0.25, 0.3) is 0 Å². The van der Waals surface area contributed by atoms with E-state index < -0.39 is 5.97 Å². The highest BCUT2D eigenvalue weighted by Gasteiger charge is 2.35. The fourth-order valence-corrected chi connectivity index (χ4v) is 4.94. The second kappa shape index (κ2) is 10.7. The largest absolute Gasteiger partial charge is 0.427 e. The van der Waals surface area contributed by atoms with Crippen LogP contribution in [0.1, 0.15) is 60.6 Å². The van der Waals surface area contributed by atoms with E-state index in [4.69, 9.17) is 9.57 Å².